The Morgan fingerprint density at radius 2 is 2.08 bits per heavy atom. The average molecular weight is 205 g/mol. The molecule has 0 fully saturated rings. The van der Waals surface area contributed by atoms with Crippen LogP contribution in [0.4, 0.5) is 3.89 Å². The van der Waals surface area contributed by atoms with Crippen LogP contribution in [0.25, 0.3) is 0 Å². The predicted octanol–water partition coefficient (Wildman–Crippen LogP) is 0.438. The van der Waals surface area contributed by atoms with E-state index in [2.05, 4.69) is 4.98 Å². The molecular formula is C6H4FNO4S. The van der Waals surface area contributed by atoms with E-state index in [1.807, 2.05) is 0 Å². The van der Waals surface area contributed by atoms with E-state index < -0.39 is 21.1 Å². The summed E-state index contributed by atoms with van der Waals surface area (Å²) in [7, 11) is -4.88. The molecule has 0 bridgehead atoms. The van der Waals surface area contributed by atoms with E-state index in [4.69, 9.17) is 5.11 Å². The molecule has 0 unspecified atom stereocenters. The molecule has 13 heavy (non-hydrogen) atoms. The Labute approximate surface area is 73.1 Å². The Balaban J connectivity index is 3.29. The van der Waals surface area contributed by atoms with Gasteiger partial charge in [0, 0.05) is 12.4 Å². The first kappa shape index (κ1) is 9.59. The van der Waals surface area contributed by atoms with Gasteiger partial charge in [0.1, 0.15) is 4.90 Å². The van der Waals surface area contributed by atoms with E-state index in [0.717, 1.165) is 12.4 Å². The number of aromatic nitrogens is 1. The molecular weight excluding hydrogens is 201 g/mol. The Kier molecular flexibility index (Phi) is 2.28. The molecule has 0 aliphatic rings. The SMILES string of the molecule is O=C(O)c1cncc(S(=O)(=O)F)c1. The molecule has 1 rings (SSSR count). The summed E-state index contributed by atoms with van der Waals surface area (Å²) >= 11 is 0. The maximum atomic E-state index is 12.3. The zero-order chi connectivity index (χ0) is 10.1. The van der Waals surface area contributed by atoms with Gasteiger partial charge in [-0.2, -0.15) is 8.42 Å². The third-order valence-electron chi connectivity index (χ3n) is 1.24. The fraction of sp³-hybridized carbons (Fsp3) is 0. The van der Waals surface area contributed by atoms with Gasteiger partial charge in [-0.25, -0.2) is 4.79 Å². The molecule has 0 radical (unpaired) electrons. The lowest BCUT2D eigenvalue weighted by molar-refractivity contribution is 0.0696. The second-order valence-corrected chi connectivity index (χ2v) is 3.50. The van der Waals surface area contributed by atoms with Crippen LogP contribution < -0.4 is 0 Å². The fourth-order valence-corrected chi connectivity index (χ4v) is 1.12. The van der Waals surface area contributed by atoms with Gasteiger partial charge < -0.3 is 5.11 Å². The van der Waals surface area contributed by atoms with Crippen molar-refractivity contribution in [1.82, 2.24) is 4.98 Å². The molecule has 0 saturated heterocycles. The van der Waals surface area contributed by atoms with Gasteiger partial charge in [0.2, 0.25) is 0 Å². The number of carboxylic acids is 1. The first-order valence-electron chi connectivity index (χ1n) is 3.04. The lowest BCUT2D eigenvalue weighted by atomic mass is 10.3. The summed E-state index contributed by atoms with van der Waals surface area (Å²) in [5.41, 5.74) is -0.376. The van der Waals surface area contributed by atoms with Gasteiger partial charge in [-0.3, -0.25) is 4.98 Å². The Bertz CT molecular complexity index is 442. The van der Waals surface area contributed by atoms with Crippen LogP contribution in [0.5, 0.6) is 0 Å². The van der Waals surface area contributed by atoms with Crippen molar-refractivity contribution >= 4 is 16.2 Å². The molecule has 1 aromatic heterocycles. The summed E-state index contributed by atoms with van der Waals surface area (Å²) in [5, 5.41) is 8.42. The summed E-state index contributed by atoms with van der Waals surface area (Å²) in [6.45, 7) is 0. The smallest absolute Gasteiger partial charge is 0.337 e. The summed E-state index contributed by atoms with van der Waals surface area (Å²) in [4.78, 5) is 12.8. The standard InChI is InChI=1S/C6H4FNO4S/c7-13(11,12)5-1-4(6(9)10)2-8-3-5/h1-3H,(H,9,10). The lowest BCUT2D eigenvalue weighted by Gasteiger charge is -1.95. The second kappa shape index (κ2) is 3.09. The molecule has 7 heteroatoms. The molecule has 0 aromatic carbocycles. The molecule has 0 amide bonds. The van der Waals surface area contributed by atoms with Crippen molar-refractivity contribution in [2.24, 2.45) is 0 Å². The fourth-order valence-electron chi connectivity index (χ4n) is 0.669. The molecule has 0 spiro atoms. The maximum absolute atomic E-state index is 12.3. The van der Waals surface area contributed by atoms with Crippen molar-refractivity contribution < 1.29 is 22.2 Å². The van der Waals surface area contributed by atoms with Crippen LogP contribution in [0.15, 0.2) is 23.4 Å². The van der Waals surface area contributed by atoms with Crippen LogP contribution in [-0.4, -0.2) is 24.5 Å². The number of carboxylic acid groups (broad SMARTS) is 1. The average Bonchev–Trinajstić information content (AvgIpc) is 2.03. The van der Waals surface area contributed by atoms with Crippen LogP contribution in [0.2, 0.25) is 0 Å². The van der Waals surface area contributed by atoms with E-state index in [0.29, 0.717) is 6.07 Å². The quantitative estimate of drug-likeness (QED) is 0.708. The van der Waals surface area contributed by atoms with Crippen LogP contribution in [0, 0.1) is 0 Å². The van der Waals surface area contributed by atoms with Crippen LogP contribution in [-0.2, 0) is 10.2 Å². The number of pyridine rings is 1. The molecule has 0 aliphatic heterocycles. The summed E-state index contributed by atoms with van der Waals surface area (Å²) < 4.78 is 32.9. The summed E-state index contributed by atoms with van der Waals surface area (Å²) in [6.07, 6.45) is 1.67. The van der Waals surface area contributed by atoms with E-state index in [1.54, 1.807) is 0 Å². The largest absolute Gasteiger partial charge is 0.478 e. The Hall–Kier alpha value is -1.50. The number of hydrogen-bond donors (Lipinski definition) is 1. The molecule has 1 heterocycles. The summed E-state index contributed by atoms with van der Waals surface area (Å²) in [6, 6.07) is 0.699. The predicted molar refractivity (Wildman–Crippen MR) is 39.5 cm³/mol. The maximum Gasteiger partial charge on any atom is 0.337 e. The van der Waals surface area contributed by atoms with Crippen molar-refractivity contribution in [2.75, 3.05) is 0 Å². The van der Waals surface area contributed by atoms with Crippen molar-refractivity contribution in [1.29, 1.82) is 0 Å². The molecule has 0 atom stereocenters. The number of hydrogen-bond acceptors (Lipinski definition) is 4. The number of carbonyl (C=O) groups is 1. The van der Waals surface area contributed by atoms with Crippen molar-refractivity contribution in [3.63, 3.8) is 0 Å². The van der Waals surface area contributed by atoms with Crippen molar-refractivity contribution in [2.45, 2.75) is 4.90 Å². The van der Waals surface area contributed by atoms with Gasteiger partial charge in [-0.15, -0.1) is 3.89 Å². The molecule has 1 aromatic rings. The molecule has 70 valence electrons. The Morgan fingerprint density at radius 1 is 1.46 bits per heavy atom. The number of rotatable bonds is 2. The first-order chi connectivity index (χ1) is 5.91. The van der Waals surface area contributed by atoms with Gasteiger partial charge in [-0.05, 0) is 6.07 Å². The highest BCUT2D eigenvalue weighted by Gasteiger charge is 2.14. The van der Waals surface area contributed by atoms with E-state index >= 15 is 0 Å². The topological polar surface area (TPSA) is 84.3 Å². The zero-order valence-corrected chi connectivity index (χ0v) is 6.95. The Morgan fingerprint density at radius 3 is 2.54 bits per heavy atom. The van der Waals surface area contributed by atoms with Gasteiger partial charge in [0.25, 0.3) is 0 Å². The molecule has 5 nitrogen and oxygen atoms in total. The molecule has 1 N–H and O–H groups in total. The van der Waals surface area contributed by atoms with Crippen LogP contribution >= 0.6 is 0 Å². The molecule has 0 saturated carbocycles. The van der Waals surface area contributed by atoms with Gasteiger partial charge in [0.05, 0.1) is 5.56 Å². The second-order valence-electron chi connectivity index (χ2n) is 2.15. The van der Waals surface area contributed by atoms with E-state index in [1.165, 1.54) is 0 Å². The van der Waals surface area contributed by atoms with E-state index in [-0.39, 0.29) is 5.56 Å². The third kappa shape index (κ3) is 2.22. The highest BCUT2D eigenvalue weighted by Crippen LogP contribution is 2.11. The highest BCUT2D eigenvalue weighted by atomic mass is 32.3. The van der Waals surface area contributed by atoms with Gasteiger partial charge in [-0.1, -0.05) is 0 Å². The van der Waals surface area contributed by atoms with E-state index in [9.17, 15) is 17.1 Å². The van der Waals surface area contributed by atoms with Crippen LogP contribution in [0.3, 0.4) is 0 Å². The molecule has 0 aliphatic carbocycles. The third-order valence-corrected chi connectivity index (χ3v) is 2.03. The minimum Gasteiger partial charge on any atom is -0.478 e. The lowest BCUT2D eigenvalue weighted by Crippen LogP contribution is -2.00. The minimum atomic E-state index is -4.88. The van der Waals surface area contributed by atoms with Crippen molar-refractivity contribution in [3.8, 4) is 0 Å². The highest BCUT2D eigenvalue weighted by molar-refractivity contribution is 7.86. The normalized spacial score (nSPS) is 11.2. The zero-order valence-electron chi connectivity index (χ0n) is 6.14. The van der Waals surface area contributed by atoms with Gasteiger partial charge >= 0.3 is 16.2 Å². The number of aromatic carboxylic acids is 1. The minimum absolute atomic E-state index is 0.376. The first-order valence-corrected chi connectivity index (χ1v) is 4.42. The monoisotopic (exact) mass is 205 g/mol. The van der Waals surface area contributed by atoms with Crippen LogP contribution in [0.1, 0.15) is 10.4 Å². The number of nitrogens with zero attached hydrogens (tertiary/aromatic N) is 1. The number of halogens is 1. The van der Waals surface area contributed by atoms with Crippen molar-refractivity contribution in [3.05, 3.63) is 24.0 Å². The summed E-state index contributed by atoms with van der Waals surface area (Å²) in [5.74, 6) is -1.36. The van der Waals surface area contributed by atoms with Gasteiger partial charge in [0.15, 0.2) is 0 Å².